The second kappa shape index (κ2) is 10.6. The van der Waals surface area contributed by atoms with Crippen LogP contribution in [-0.2, 0) is 0 Å². The lowest BCUT2D eigenvalue weighted by molar-refractivity contribution is 0.0685. The van der Waals surface area contributed by atoms with Gasteiger partial charge >= 0.3 is 0 Å². The summed E-state index contributed by atoms with van der Waals surface area (Å²) < 4.78 is 5.51. The maximum atomic E-state index is 12.8. The lowest BCUT2D eigenvalue weighted by Gasteiger charge is -2.31. The molecule has 1 saturated heterocycles. The molecule has 1 N–H and O–H groups in total. The lowest BCUT2D eigenvalue weighted by atomic mass is 9.96. The van der Waals surface area contributed by atoms with E-state index in [-0.39, 0.29) is 30.7 Å². The number of carbonyl (C=O) groups excluding carboxylic acids is 1. The van der Waals surface area contributed by atoms with E-state index in [2.05, 4.69) is 17.2 Å². The molecule has 3 rings (SSSR count). The van der Waals surface area contributed by atoms with Crippen LogP contribution in [0, 0.1) is 12.8 Å². The van der Waals surface area contributed by atoms with E-state index in [1.54, 1.807) is 0 Å². The second-order valence-electron chi connectivity index (χ2n) is 6.44. The predicted molar refractivity (Wildman–Crippen MR) is 108 cm³/mol. The van der Waals surface area contributed by atoms with Gasteiger partial charge in [-0.25, -0.2) is 4.98 Å². The highest BCUT2D eigenvalue weighted by Gasteiger charge is 2.27. The molecular formula is C19H27Cl2N3O2. The Morgan fingerprint density at radius 3 is 2.50 bits per heavy atom. The highest BCUT2D eigenvalue weighted by Crippen LogP contribution is 2.26. The first-order valence-electron chi connectivity index (χ1n) is 8.69. The minimum atomic E-state index is -0.0266. The smallest absolute Gasteiger partial charge is 0.276 e. The Hall–Kier alpha value is -1.56. The number of aromatic nitrogens is 1. The average Bonchev–Trinajstić information content (AvgIpc) is 3.10. The summed E-state index contributed by atoms with van der Waals surface area (Å²) in [6.45, 7) is 7.77. The molecule has 1 amide bonds. The molecule has 0 radical (unpaired) electrons. The van der Waals surface area contributed by atoms with Crippen molar-refractivity contribution in [1.82, 2.24) is 15.2 Å². The highest BCUT2D eigenvalue weighted by atomic mass is 35.5. The van der Waals surface area contributed by atoms with Crippen molar-refractivity contribution in [2.45, 2.75) is 26.7 Å². The summed E-state index contributed by atoms with van der Waals surface area (Å²) in [4.78, 5) is 18.9. The Bertz CT molecular complexity index is 680. The number of oxazole rings is 1. The molecule has 1 aliphatic heterocycles. The maximum absolute atomic E-state index is 12.8. The van der Waals surface area contributed by atoms with E-state index < -0.39 is 0 Å². The fourth-order valence-corrected chi connectivity index (χ4v) is 3.15. The molecule has 1 aromatic carbocycles. The lowest BCUT2D eigenvalue weighted by Crippen LogP contribution is -2.41. The molecule has 0 atom stereocenters. The zero-order valence-corrected chi connectivity index (χ0v) is 16.9. The number of rotatable bonds is 5. The summed E-state index contributed by atoms with van der Waals surface area (Å²) in [5.74, 6) is 1.19. The van der Waals surface area contributed by atoms with E-state index in [9.17, 15) is 4.79 Å². The number of benzene rings is 1. The van der Waals surface area contributed by atoms with E-state index >= 15 is 0 Å². The van der Waals surface area contributed by atoms with Crippen LogP contribution in [0.2, 0.25) is 0 Å². The molecule has 26 heavy (non-hydrogen) atoms. The van der Waals surface area contributed by atoms with Crippen LogP contribution in [0.4, 0.5) is 0 Å². The van der Waals surface area contributed by atoms with Crippen LogP contribution in [0.25, 0.3) is 11.3 Å². The van der Waals surface area contributed by atoms with E-state index in [0.717, 1.165) is 44.6 Å². The van der Waals surface area contributed by atoms with Gasteiger partial charge in [-0.15, -0.1) is 24.8 Å². The molecule has 144 valence electrons. The molecule has 1 aromatic heterocycles. The first kappa shape index (κ1) is 22.5. The van der Waals surface area contributed by atoms with Gasteiger partial charge in [-0.05, 0) is 38.8 Å². The number of hydrogen-bond acceptors (Lipinski definition) is 4. The highest BCUT2D eigenvalue weighted by molar-refractivity contribution is 5.97. The summed E-state index contributed by atoms with van der Waals surface area (Å²) in [6, 6.07) is 7.96. The molecule has 0 aliphatic carbocycles. The molecular weight excluding hydrogens is 373 g/mol. The summed E-state index contributed by atoms with van der Waals surface area (Å²) in [7, 11) is 0. The molecule has 5 nitrogen and oxygen atoms in total. The maximum Gasteiger partial charge on any atom is 0.276 e. The van der Waals surface area contributed by atoms with Crippen molar-refractivity contribution < 1.29 is 9.21 Å². The van der Waals surface area contributed by atoms with Gasteiger partial charge in [0.1, 0.15) is 0 Å². The van der Waals surface area contributed by atoms with Gasteiger partial charge in [0.2, 0.25) is 0 Å². The molecule has 0 saturated carbocycles. The molecule has 2 heterocycles. The quantitative estimate of drug-likeness (QED) is 0.826. The largest absolute Gasteiger partial charge is 0.443 e. The Morgan fingerprint density at radius 2 is 1.88 bits per heavy atom. The molecule has 2 aromatic rings. The van der Waals surface area contributed by atoms with Crippen LogP contribution in [0.1, 0.15) is 35.8 Å². The monoisotopic (exact) mass is 399 g/mol. The van der Waals surface area contributed by atoms with Crippen LogP contribution < -0.4 is 5.32 Å². The summed E-state index contributed by atoms with van der Waals surface area (Å²) in [5, 5.41) is 3.39. The van der Waals surface area contributed by atoms with Crippen LogP contribution >= 0.6 is 24.8 Å². The zero-order chi connectivity index (χ0) is 16.9. The van der Waals surface area contributed by atoms with Gasteiger partial charge in [0.25, 0.3) is 5.91 Å². The van der Waals surface area contributed by atoms with Crippen molar-refractivity contribution in [2.24, 2.45) is 5.92 Å². The minimum Gasteiger partial charge on any atom is -0.443 e. The van der Waals surface area contributed by atoms with Gasteiger partial charge in [-0.2, -0.15) is 0 Å². The fourth-order valence-electron chi connectivity index (χ4n) is 3.15. The number of amides is 1. The Kier molecular flexibility index (Phi) is 9.13. The Balaban J connectivity index is 0.00000169. The summed E-state index contributed by atoms with van der Waals surface area (Å²) in [5.41, 5.74) is 2.49. The fraction of sp³-hybridized carbons (Fsp3) is 0.474. The van der Waals surface area contributed by atoms with E-state index in [0.29, 0.717) is 17.4 Å². The summed E-state index contributed by atoms with van der Waals surface area (Å²) >= 11 is 0. The van der Waals surface area contributed by atoms with Crippen LogP contribution in [0.3, 0.4) is 0 Å². The van der Waals surface area contributed by atoms with Crippen LogP contribution in [0.5, 0.6) is 0 Å². The van der Waals surface area contributed by atoms with Gasteiger partial charge in [0.05, 0.1) is 0 Å². The van der Waals surface area contributed by atoms with Crippen molar-refractivity contribution in [3.8, 4) is 11.3 Å². The number of piperidine rings is 1. The number of aryl methyl sites for hydroxylation is 1. The number of likely N-dealkylation sites (tertiary alicyclic amines) is 1. The second-order valence-corrected chi connectivity index (χ2v) is 6.44. The molecule has 1 aliphatic rings. The van der Waals surface area contributed by atoms with Gasteiger partial charge in [0.15, 0.2) is 17.8 Å². The standard InChI is InChI=1S/C19H25N3O2.2ClH/c1-3-20-12-15-8-10-22(11-9-15)19(23)17-18(24-13-21-17)16-6-4-14(2)5-7-16;;/h4-7,13,15,20H,3,8-12H2,1-2H3;2*1H. The SMILES string of the molecule is CCNCC1CCN(C(=O)c2ncoc2-c2ccc(C)cc2)CC1.Cl.Cl. The molecule has 7 heteroatoms. The molecule has 1 fully saturated rings. The minimum absolute atomic E-state index is 0. The third kappa shape index (κ3) is 5.22. The third-order valence-electron chi connectivity index (χ3n) is 4.67. The molecule has 0 bridgehead atoms. The van der Waals surface area contributed by atoms with E-state index in [1.165, 1.54) is 12.0 Å². The van der Waals surface area contributed by atoms with Crippen LogP contribution in [-0.4, -0.2) is 42.0 Å². The van der Waals surface area contributed by atoms with Gasteiger partial charge in [0, 0.05) is 18.7 Å². The first-order valence-corrected chi connectivity index (χ1v) is 8.69. The summed E-state index contributed by atoms with van der Waals surface area (Å²) in [6.07, 6.45) is 3.44. The van der Waals surface area contributed by atoms with Crippen molar-refractivity contribution in [2.75, 3.05) is 26.2 Å². The average molecular weight is 400 g/mol. The number of nitrogens with zero attached hydrogens (tertiary/aromatic N) is 2. The van der Waals surface area contributed by atoms with Crippen molar-refractivity contribution in [3.05, 3.63) is 41.9 Å². The Morgan fingerprint density at radius 1 is 1.23 bits per heavy atom. The number of hydrogen-bond donors (Lipinski definition) is 1. The number of carbonyl (C=O) groups is 1. The molecule has 0 unspecified atom stereocenters. The normalized spacial score (nSPS) is 14.5. The topological polar surface area (TPSA) is 58.4 Å². The van der Waals surface area contributed by atoms with Crippen molar-refractivity contribution in [3.63, 3.8) is 0 Å². The third-order valence-corrected chi connectivity index (χ3v) is 4.67. The number of halogens is 2. The predicted octanol–water partition coefficient (Wildman–Crippen LogP) is 3.96. The van der Waals surface area contributed by atoms with Crippen LogP contribution in [0.15, 0.2) is 35.1 Å². The molecule has 0 spiro atoms. The van der Waals surface area contributed by atoms with E-state index in [1.807, 2.05) is 36.1 Å². The number of nitrogens with one attached hydrogen (secondary N) is 1. The van der Waals surface area contributed by atoms with Crippen molar-refractivity contribution in [1.29, 1.82) is 0 Å². The van der Waals surface area contributed by atoms with Gasteiger partial charge < -0.3 is 14.6 Å². The van der Waals surface area contributed by atoms with Crippen molar-refractivity contribution >= 4 is 30.7 Å². The van der Waals surface area contributed by atoms with Gasteiger partial charge in [-0.3, -0.25) is 4.79 Å². The van der Waals surface area contributed by atoms with Gasteiger partial charge in [-0.1, -0.05) is 36.8 Å². The first-order chi connectivity index (χ1) is 11.7. The zero-order valence-electron chi connectivity index (χ0n) is 15.2. The Labute approximate surface area is 167 Å². The van der Waals surface area contributed by atoms with E-state index in [4.69, 9.17) is 4.42 Å².